The maximum atomic E-state index is 11.9. The van der Waals surface area contributed by atoms with Gasteiger partial charge < -0.3 is 14.9 Å². The molecule has 22 heavy (non-hydrogen) atoms. The van der Waals surface area contributed by atoms with E-state index in [-0.39, 0.29) is 11.8 Å². The summed E-state index contributed by atoms with van der Waals surface area (Å²) in [5.74, 6) is 0.311. The van der Waals surface area contributed by atoms with Gasteiger partial charge in [-0.25, -0.2) is 0 Å². The number of amides is 1. The molecule has 118 valence electrons. The second kappa shape index (κ2) is 7.39. The molecule has 1 aromatic carbocycles. The Balaban J connectivity index is 1.85. The number of aliphatic hydroxyl groups excluding tert-OH is 1. The molecule has 1 amide bonds. The van der Waals surface area contributed by atoms with E-state index in [9.17, 15) is 9.90 Å². The van der Waals surface area contributed by atoms with Crippen molar-refractivity contribution in [1.82, 2.24) is 9.80 Å². The van der Waals surface area contributed by atoms with Gasteiger partial charge in [-0.1, -0.05) is 12.1 Å². The van der Waals surface area contributed by atoms with Crippen molar-refractivity contribution in [1.29, 1.82) is 5.26 Å². The second-order valence-electron chi connectivity index (χ2n) is 6.06. The SMILES string of the molecule is CN(C)C(=O)C1CCN(CC(O)c2ccc(C#N)cc2)CC1. The smallest absolute Gasteiger partial charge is 0.225 e. The van der Waals surface area contributed by atoms with Gasteiger partial charge in [-0.15, -0.1) is 0 Å². The Bertz CT molecular complexity index is 540. The molecule has 1 aromatic rings. The van der Waals surface area contributed by atoms with Crippen molar-refractivity contribution in [2.24, 2.45) is 5.92 Å². The number of benzene rings is 1. The summed E-state index contributed by atoms with van der Waals surface area (Å²) in [6, 6.07) is 9.11. The average molecular weight is 301 g/mol. The molecule has 5 nitrogen and oxygen atoms in total. The van der Waals surface area contributed by atoms with Crippen LogP contribution in [-0.2, 0) is 4.79 Å². The number of β-amino-alcohol motifs (C(OH)–C–C–N with tert-alkyl or cyclic N) is 1. The molecule has 1 aliphatic rings. The molecule has 0 radical (unpaired) electrons. The number of hydrogen-bond acceptors (Lipinski definition) is 4. The monoisotopic (exact) mass is 301 g/mol. The van der Waals surface area contributed by atoms with Crippen molar-refractivity contribution in [2.45, 2.75) is 18.9 Å². The molecule has 1 fully saturated rings. The number of carbonyl (C=O) groups excluding carboxylic acids is 1. The molecule has 0 saturated carbocycles. The predicted octanol–water partition coefficient (Wildman–Crippen LogP) is 1.39. The third-order valence-electron chi connectivity index (χ3n) is 4.23. The van der Waals surface area contributed by atoms with Crippen LogP contribution in [0.25, 0.3) is 0 Å². The zero-order valence-corrected chi connectivity index (χ0v) is 13.2. The first-order valence-electron chi connectivity index (χ1n) is 7.63. The Morgan fingerprint density at radius 2 is 1.95 bits per heavy atom. The van der Waals surface area contributed by atoms with Crippen LogP contribution in [0.5, 0.6) is 0 Å². The Morgan fingerprint density at radius 1 is 1.36 bits per heavy atom. The maximum absolute atomic E-state index is 11.9. The first kappa shape index (κ1) is 16.5. The Labute approximate surface area is 131 Å². The van der Waals surface area contributed by atoms with Gasteiger partial charge in [0, 0.05) is 26.6 Å². The fourth-order valence-corrected chi connectivity index (χ4v) is 2.86. The number of piperidine rings is 1. The number of hydrogen-bond donors (Lipinski definition) is 1. The molecule has 1 heterocycles. The van der Waals surface area contributed by atoms with E-state index in [1.165, 1.54) is 0 Å². The Kier molecular flexibility index (Phi) is 5.53. The van der Waals surface area contributed by atoms with Crippen molar-refractivity contribution >= 4 is 5.91 Å². The number of aliphatic hydroxyl groups is 1. The summed E-state index contributed by atoms with van der Waals surface area (Å²) in [5, 5.41) is 19.1. The molecule has 1 aliphatic heterocycles. The molecule has 0 aliphatic carbocycles. The highest BCUT2D eigenvalue weighted by atomic mass is 16.3. The highest BCUT2D eigenvalue weighted by molar-refractivity contribution is 5.78. The second-order valence-corrected chi connectivity index (χ2v) is 6.06. The van der Waals surface area contributed by atoms with Crippen LogP contribution in [-0.4, -0.2) is 54.5 Å². The van der Waals surface area contributed by atoms with Crippen LogP contribution in [0.1, 0.15) is 30.1 Å². The molecule has 0 aromatic heterocycles. The third kappa shape index (κ3) is 4.06. The van der Waals surface area contributed by atoms with Crippen molar-refractivity contribution in [3.05, 3.63) is 35.4 Å². The molecule has 1 unspecified atom stereocenters. The molecule has 1 saturated heterocycles. The van der Waals surface area contributed by atoms with Gasteiger partial charge in [0.05, 0.1) is 17.7 Å². The van der Waals surface area contributed by atoms with E-state index >= 15 is 0 Å². The zero-order valence-electron chi connectivity index (χ0n) is 13.2. The third-order valence-corrected chi connectivity index (χ3v) is 4.23. The van der Waals surface area contributed by atoms with Crippen LogP contribution in [0.15, 0.2) is 24.3 Å². The van der Waals surface area contributed by atoms with Gasteiger partial charge in [-0.2, -0.15) is 5.26 Å². The normalized spacial score (nSPS) is 17.7. The number of nitrogens with zero attached hydrogens (tertiary/aromatic N) is 3. The van der Waals surface area contributed by atoms with Gasteiger partial charge in [0.25, 0.3) is 0 Å². The summed E-state index contributed by atoms with van der Waals surface area (Å²) < 4.78 is 0. The van der Waals surface area contributed by atoms with Crippen molar-refractivity contribution in [3.63, 3.8) is 0 Å². The summed E-state index contributed by atoms with van der Waals surface area (Å²) in [6.45, 7) is 2.23. The maximum Gasteiger partial charge on any atom is 0.225 e. The summed E-state index contributed by atoms with van der Waals surface area (Å²) in [5.41, 5.74) is 1.42. The van der Waals surface area contributed by atoms with E-state index in [2.05, 4.69) is 11.0 Å². The van der Waals surface area contributed by atoms with E-state index in [1.807, 2.05) is 0 Å². The Morgan fingerprint density at radius 3 is 2.45 bits per heavy atom. The lowest BCUT2D eigenvalue weighted by Gasteiger charge is -2.33. The molecule has 5 heteroatoms. The number of nitriles is 1. The largest absolute Gasteiger partial charge is 0.387 e. The van der Waals surface area contributed by atoms with Crippen LogP contribution in [0.2, 0.25) is 0 Å². The summed E-state index contributed by atoms with van der Waals surface area (Å²) >= 11 is 0. The topological polar surface area (TPSA) is 67.6 Å². The van der Waals surface area contributed by atoms with E-state index in [1.54, 1.807) is 43.3 Å². The lowest BCUT2D eigenvalue weighted by Crippen LogP contribution is -2.41. The quantitative estimate of drug-likeness (QED) is 0.912. The average Bonchev–Trinajstić information content (AvgIpc) is 2.54. The van der Waals surface area contributed by atoms with Crippen molar-refractivity contribution in [3.8, 4) is 6.07 Å². The molecule has 1 N–H and O–H groups in total. The number of carbonyl (C=O) groups is 1. The van der Waals surface area contributed by atoms with Gasteiger partial charge in [0.2, 0.25) is 5.91 Å². The molecular formula is C17H23N3O2. The summed E-state index contributed by atoms with van der Waals surface area (Å²) in [4.78, 5) is 15.8. The zero-order chi connectivity index (χ0) is 16.1. The minimum atomic E-state index is -0.561. The fourth-order valence-electron chi connectivity index (χ4n) is 2.86. The van der Waals surface area contributed by atoms with E-state index in [0.717, 1.165) is 31.5 Å². The lowest BCUT2D eigenvalue weighted by atomic mass is 9.95. The highest BCUT2D eigenvalue weighted by Crippen LogP contribution is 2.22. The van der Waals surface area contributed by atoms with Crippen molar-refractivity contribution in [2.75, 3.05) is 33.7 Å². The van der Waals surface area contributed by atoms with E-state index in [4.69, 9.17) is 5.26 Å². The van der Waals surface area contributed by atoms with Crippen LogP contribution in [0, 0.1) is 17.2 Å². The first-order chi connectivity index (χ1) is 10.5. The minimum absolute atomic E-state index is 0.110. The van der Waals surface area contributed by atoms with Crippen LogP contribution in [0.3, 0.4) is 0 Å². The van der Waals surface area contributed by atoms with E-state index in [0.29, 0.717) is 12.1 Å². The molecule has 2 rings (SSSR count). The number of likely N-dealkylation sites (tertiary alicyclic amines) is 1. The molecule has 1 atom stereocenters. The number of rotatable bonds is 4. The summed E-state index contributed by atoms with van der Waals surface area (Å²) in [6.07, 6.45) is 1.13. The standard InChI is InChI=1S/C17H23N3O2/c1-19(2)17(22)15-7-9-20(10-8-15)12-16(21)14-5-3-13(11-18)4-6-14/h3-6,15-16,21H,7-10,12H2,1-2H3. The van der Waals surface area contributed by atoms with Gasteiger partial charge in [0.15, 0.2) is 0 Å². The van der Waals surface area contributed by atoms with Gasteiger partial charge in [0.1, 0.15) is 0 Å². The predicted molar refractivity (Wildman–Crippen MR) is 84.0 cm³/mol. The van der Waals surface area contributed by atoms with Crippen LogP contribution >= 0.6 is 0 Å². The summed E-state index contributed by atoms with van der Waals surface area (Å²) in [7, 11) is 3.59. The molecular weight excluding hydrogens is 278 g/mol. The highest BCUT2D eigenvalue weighted by Gasteiger charge is 2.26. The van der Waals surface area contributed by atoms with Gasteiger partial charge >= 0.3 is 0 Å². The lowest BCUT2D eigenvalue weighted by molar-refractivity contribution is -0.134. The minimum Gasteiger partial charge on any atom is -0.387 e. The fraction of sp³-hybridized carbons (Fsp3) is 0.529. The van der Waals surface area contributed by atoms with Crippen LogP contribution in [0.4, 0.5) is 0 Å². The molecule has 0 bridgehead atoms. The van der Waals surface area contributed by atoms with Crippen molar-refractivity contribution < 1.29 is 9.90 Å². The first-order valence-corrected chi connectivity index (χ1v) is 7.63. The van der Waals surface area contributed by atoms with Crippen LogP contribution < -0.4 is 0 Å². The van der Waals surface area contributed by atoms with Gasteiger partial charge in [-0.3, -0.25) is 4.79 Å². The Hall–Kier alpha value is -1.90. The van der Waals surface area contributed by atoms with E-state index < -0.39 is 6.10 Å². The van der Waals surface area contributed by atoms with Gasteiger partial charge in [-0.05, 0) is 43.6 Å². The molecule has 0 spiro atoms.